The quantitative estimate of drug-likeness (QED) is 0.226. The molecule has 196 valence electrons. The predicted molar refractivity (Wildman–Crippen MR) is 167 cm³/mol. The molecule has 3 nitrogen and oxygen atoms in total. The predicted octanol–water partition coefficient (Wildman–Crippen LogP) is 10.5. The van der Waals surface area contributed by atoms with Gasteiger partial charge in [-0.1, -0.05) is 94.4 Å². The summed E-state index contributed by atoms with van der Waals surface area (Å²) in [7, 11) is 0. The number of benzene rings is 5. The molecule has 0 N–H and O–H groups in total. The Balaban J connectivity index is 1.57. The zero-order valence-electron chi connectivity index (χ0n) is 23.3. The van der Waals surface area contributed by atoms with Crippen LogP contribution in [0.3, 0.4) is 0 Å². The molecule has 0 radical (unpaired) electrons. The molecule has 40 heavy (non-hydrogen) atoms. The highest BCUT2D eigenvalue weighted by Crippen LogP contribution is 2.42. The maximum atomic E-state index is 6.18. The number of furan rings is 1. The van der Waals surface area contributed by atoms with E-state index >= 15 is 0 Å². The minimum atomic E-state index is 0.315. The molecule has 3 heteroatoms. The van der Waals surface area contributed by atoms with Gasteiger partial charge in [-0.25, -0.2) is 4.98 Å². The number of nitrogens with zero attached hydrogens (tertiary/aromatic N) is 2. The molecule has 0 fully saturated rings. The standard InChI is InChI=1S/C37H32N2O/c1-23(2)29-19-28(25-12-6-5-7-13-25)20-30(24(3)4)36(29)39-34-17-11-10-16-33(34)38-37(39)32-22-40-35-21-27-15-9-8-14-26(27)18-31(32)35/h5-24H,1-4H3. The lowest BCUT2D eigenvalue weighted by atomic mass is 9.88. The fourth-order valence-electron chi connectivity index (χ4n) is 5.94. The van der Waals surface area contributed by atoms with Crippen molar-refractivity contribution in [1.29, 1.82) is 0 Å². The van der Waals surface area contributed by atoms with Gasteiger partial charge in [0.05, 0.1) is 22.3 Å². The molecular formula is C37H32N2O. The van der Waals surface area contributed by atoms with E-state index in [0.29, 0.717) is 11.8 Å². The van der Waals surface area contributed by atoms with Crippen molar-refractivity contribution in [3.05, 3.63) is 121 Å². The summed E-state index contributed by atoms with van der Waals surface area (Å²) >= 11 is 0. The van der Waals surface area contributed by atoms with Crippen LogP contribution in [-0.2, 0) is 0 Å². The Hall–Kier alpha value is -4.63. The number of imidazole rings is 1. The van der Waals surface area contributed by atoms with Gasteiger partial charge in [0, 0.05) is 5.39 Å². The normalized spacial score (nSPS) is 11.9. The van der Waals surface area contributed by atoms with Crippen LogP contribution in [0.15, 0.2) is 114 Å². The molecule has 2 aromatic heterocycles. The average Bonchev–Trinajstić information content (AvgIpc) is 3.56. The van der Waals surface area contributed by atoms with Gasteiger partial charge in [0.2, 0.25) is 0 Å². The lowest BCUT2D eigenvalue weighted by Gasteiger charge is -2.24. The molecule has 0 aliphatic heterocycles. The third kappa shape index (κ3) is 3.93. The highest BCUT2D eigenvalue weighted by molar-refractivity contribution is 6.03. The maximum absolute atomic E-state index is 6.18. The van der Waals surface area contributed by atoms with Gasteiger partial charge in [0.25, 0.3) is 0 Å². The second-order valence-electron chi connectivity index (χ2n) is 11.3. The first-order chi connectivity index (χ1) is 19.5. The van der Waals surface area contributed by atoms with Gasteiger partial charge >= 0.3 is 0 Å². The van der Waals surface area contributed by atoms with Crippen molar-refractivity contribution in [2.45, 2.75) is 39.5 Å². The molecule has 5 aromatic carbocycles. The van der Waals surface area contributed by atoms with Crippen LogP contribution in [0.4, 0.5) is 0 Å². The van der Waals surface area contributed by atoms with Gasteiger partial charge in [-0.3, -0.25) is 4.57 Å². The van der Waals surface area contributed by atoms with E-state index in [1.165, 1.54) is 38.7 Å². The maximum Gasteiger partial charge on any atom is 0.149 e. The number of hydrogen-bond acceptors (Lipinski definition) is 2. The van der Waals surface area contributed by atoms with Crippen LogP contribution >= 0.6 is 0 Å². The molecule has 0 bridgehead atoms. The minimum absolute atomic E-state index is 0.315. The molecule has 0 aliphatic rings. The Bertz CT molecular complexity index is 1980. The Kier molecular flexibility index (Phi) is 5.82. The molecular weight excluding hydrogens is 488 g/mol. The molecule has 0 atom stereocenters. The van der Waals surface area contributed by atoms with E-state index in [1.807, 2.05) is 6.26 Å². The molecule has 0 saturated carbocycles. The summed E-state index contributed by atoms with van der Waals surface area (Å²) in [5.74, 6) is 1.54. The van der Waals surface area contributed by atoms with Crippen LogP contribution in [0.1, 0.15) is 50.7 Å². The van der Waals surface area contributed by atoms with Gasteiger partial charge in [-0.05, 0) is 81.3 Å². The van der Waals surface area contributed by atoms with Crippen LogP contribution in [-0.4, -0.2) is 9.55 Å². The van der Waals surface area contributed by atoms with E-state index in [-0.39, 0.29) is 0 Å². The highest BCUT2D eigenvalue weighted by atomic mass is 16.3. The zero-order chi connectivity index (χ0) is 27.4. The van der Waals surface area contributed by atoms with Crippen molar-refractivity contribution in [2.75, 3.05) is 0 Å². The Morgan fingerprint density at radius 3 is 1.98 bits per heavy atom. The first kappa shape index (κ1) is 24.4. The van der Waals surface area contributed by atoms with Crippen LogP contribution < -0.4 is 0 Å². The fraction of sp³-hybridized carbons (Fsp3) is 0.162. The second kappa shape index (κ2) is 9.53. The summed E-state index contributed by atoms with van der Waals surface area (Å²) in [6.07, 6.45) is 1.88. The molecule has 0 spiro atoms. The minimum Gasteiger partial charge on any atom is -0.464 e. The third-order valence-corrected chi connectivity index (χ3v) is 7.99. The fourth-order valence-corrected chi connectivity index (χ4v) is 5.94. The number of para-hydroxylation sites is 2. The SMILES string of the molecule is CC(C)c1cc(-c2ccccc2)cc(C(C)C)c1-n1c(-c2coc3cc4ccccc4cc23)nc2ccccc21. The van der Waals surface area contributed by atoms with Crippen molar-refractivity contribution < 1.29 is 4.42 Å². The lowest BCUT2D eigenvalue weighted by molar-refractivity contribution is 0.617. The van der Waals surface area contributed by atoms with E-state index in [4.69, 9.17) is 9.40 Å². The summed E-state index contributed by atoms with van der Waals surface area (Å²) in [4.78, 5) is 5.25. The number of hydrogen-bond donors (Lipinski definition) is 0. The average molecular weight is 521 g/mol. The molecule has 7 rings (SSSR count). The smallest absolute Gasteiger partial charge is 0.149 e. The first-order valence-corrected chi connectivity index (χ1v) is 14.1. The van der Waals surface area contributed by atoms with Crippen LogP contribution in [0.2, 0.25) is 0 Å². The van der Waals surface area contributed by atoms with Crippen molar-refractivity contribution in [3.8, 4) is 28.2 Å². The summed E-state index contributed by atoms with van der Waals surface area (Å²) in [6.45, 7) is 9.15. The third-order valence-electron chi connectivity index (χ3n) is 7.99. The van der Waals surface area contributed by atoms with E-state index in [9.17, 15) is 0 Å². The summed E-state index contributed by atoms with van der Waals surface area (Å²) < 4.78 is 8.56. The molecule has 0 aliphatic carbocycles. The van der Waals surface area contributed by atoms with Crippen LogP contribution in [0.25, 0.3) is 61.0 Å². The Morgan fingerprint density at radius 2 is 1.27 bits per heavy atom. The van der Waals surface area contributed by atoms with E-state index in [1.54, 1.807) is 0 Å². The van der Waals surface area contributed by atoms with E-state index in [0.717, 1.165) is 33.4 Å². The van der Waals surface area contributed by atoms with E-state index < -0.39 is 0 Å². The van der Waals surface area contributed by atoms with Crippen molar-refractivity contribution in [3.63, 3.8) is 0 Å². The molecule has 0 saturated heterocycles. The Morgan fingerprint density at radius 1 is 0.650 bits per heavy atom. The van der Waals surface area contributed by atoms with Gasteiger partial charge < -0.3 is 4.42 Å². The Labute approximate surface area is 234 Å². The number of aromatic nitrogens is 2. The number of fused-ring (bicyclic) bond motifs is 3. The monoisotopic (exact) mass is 520 g/mol. The largest absolute Gasteiger partial charge is 0.464 e. The molecule has 0 unspecified atom stereocenters. The second-order valence-corrected chi connectivity index (χ2v) is 11.3. The van der Waals surface area contributed by atoms with Crippen LogP contribution in [0.5, 0.6) is 0 Å². The molecule has 2 heterocycles. The van der Waals surface area contributed by atoms with Crippen molar-refractivity contribution in [2.24, 2.45) is 0 Å². The van der Waals surface area contributed by atoms with Crippen molar-refractivity contribution >= 4 is 32.8 Å². The highest BCUT2D eigenvalue weighted by Gasteiger charge is 2.25. The number of rotatable bonds is 5. The first-order valence-electron chi connectivity index (χ1n) is 14.1. The summed E-state index contributed by atoms with van der Waals surface area (Å²) in [5.41, 5.74) is 10.3. The molecule has 0 amide bonds. The topological polar surface area (TPSA) is 31.0 Å². The molecule has 7 aromatic rings. The zero-order valence-corrected chi connectivity index (χ0v) is 23.3. The van der Waals surface area contributed by atoms with Crippen LogP contribution in [0, 0.1) is 0 Å². The van der Waals surface area contributed by atoms with Gasteiger partial charge in [-0.2, -0.15) is 0 Å². The summed E-state index contributed by atoms with van der Waals surface area (Å²) in [5, 5.41) is 3.44. The van der Waals surface area contributed by atoms with Gasteiger partial charge in [0.15, 0.2) is 0 Å². The van der Waals surface area contributed by atoms with Crippen molar-refractivity contribution in [1.82, 2.24) is 9.55 Å². The lowest BCUT2D eigenvalue weighted by Crippen LogP contribution is -2.09. The van der Waals surface area contributed by atoms with Gasteiger partial charge in [0.1, 0.15) is 17.7 Å². The van der Waals surface area contributed by atoms with Gasteiger partial charge in [-0.15, -0.1) is 0 Å². The van der Waals surface area contributed by atoms with E-state index in [2.05, 4.69) is 135 Å². The summed E-state index contributed by atoms with van der Waals surface area (Å²) in [6, 6.07) is 36.7.